The Morgan fingerprint density at radius 1 is 1.22 bits per heavy atom. The highest BCUT2D eigenvalue weighted by Crippen LogP contribution is 2.59. The molecule has 0 amide bonds. The number of hydrogen-bond acceptors (Lipinski definition) is 1. The van der Waals surface area contributed by atoms with Gasteiger partial charge in [-0.1, -0.05) is 43.2 Å². The predicted molar refractivity (Wildman–Crippen MR) is 97.6 cm³/mol. The molecule has 2 saturated carbocycles. The average molecular weight is 312 g/mol. The Balaban J connectivity index is 1.70. The molecule has 23 heavy (non-hydrogen) atoms. The summed E-state index contributed by atoms with van der Waals surface area (Å²) in [4.78, 5) is 0. The molecule has 126 valence electrons. The standard InChI is InChI=1S/C22H32O/c1-16(2)19-11-8-14-22(4)20(12-13-21(19)22)17(3)15-23-18-9-6-5-7-10-18/h5-7,9-10,17,20-21H,8,11-15H2,1-4H3/t17-,20-,21+,22-/m1/s1. The van der Waals surface area contributed by atoms with E-state index in [-0.39, 0.29) is 0 Å². The normalized spacial score (nSPS) is 31.6. The summed E-state index contributed by atoms with van der Waals surface area (Å²) in [6.07, 6.45) is 6.86. The van der Waals surface area contributed by atoms with Crippen LogP contribution < -0.4 is 4.74 Å². The maximum Gasteiger partial charge on any atom is 0.119 e. The quantitative estimate of drug-likeness (QED) is 0.597. The molecule has 0 N–H and O–H groups in total. The molecule has 0 saturated heterocycles. The fourth-order valence-electron chi connectivity index (χ4n) is 5.42. The Morgan fingerprint density at radius 2 is 1.96 bits per heavy atom. The van der Waals surface area contributed by atoms with Gasteiger partial charge < -0.3 is 4.74 Å². The van der Waals surface area contributed by atoms with Gasteiger partial charge in [-0.3, -0.25) is 0 Å². The van der Waals surface area contributed by atoms with Crippen LogP contribution >= 0.6 is 0 Å². The molecular formula is C22H32O. The van der Waals surface area contributed by atoms with E-state index in [4.69, 9.17) is 4.74 Å². The van der Waals surface area contributed by atoms with Gasteiger partial charge >= 0.3 is 0 Å². The van der Waals surface area contributed by atoms with Gasteiger partial charge in [0.05, 0.1) is 6.61 Å². The topological polar surface area (TPSA) is 9.23 Å². The largest absolute Gasteiger partial charge is 0.493 e. The van der Waals surface area contributed by atoms with Gasteiger partial charge in [0.2, 0.25) is 0 Å². The molecule has 1 aromatic rings. The number of allylic oxidation sites excluding steroid dienone is 2. The zero-order chi connectivity index (χ0) is 16.4. The van der Waals surface area contributed by atoms with E-state index < -0.39 is 0 Å². The molecule has 2 aliphatic rings. The fraction of sp³-hybridized carbons (Fsp3) is 0.636. The second kappa shape index (κ2) is 6.71. The SMILES string of the molecule is CC(C)=C1CCC[C@]2(C)[C@@H]([C@H](C)COc3ccccc3)CC[C@@H]12. The van der Waals surface area contributed by atoms with Gasteiger partial charge in [-0.15, -0.1) is 0 Å². The molecule has 1 heteroatoms. The predicted octanol–water partition coefficient (Wildman–Crippen LogP) is 6.25. The first-order valence-electron chi connectivity index (χ1n) is 9.36. The average Bonchev–Trinajstić information content (AvgIpc) is 2.90. The van der Waals surface area contributed by atoms with Crippen molar-refractivity contribution in [3.8, 4) is 5.75 Å². The van der Waals surface area contributed by atoms with Gasteiger partial charge in [-0.05, 0) is 81.3 Å². The summed E-state index contributed by atoms with van der Waals surface area (Å²) in [5.41, 5.74) is 3.84. The molecule has 3 rings (SSSR count). The number of ether oxygens (including phenoxy) is 1. The van der Waals surface area contributed by atoms with Crippen LogP contribution in [0.1, 0.15) is 59.8 Å². The molecule has 0 aliphatic heterocycles. The molecule has 0 aromatic heterocycles. The van der Waals surface area contributed by atoms with Crippen LogP contribution in [-0.4, -0.2) is 6.61 Å². The number of para-hydroxylation sites is 1. The highest BCUT2D eigenvalue weighted by Gasteiger charge is 2.50. The fourth-order valence-corrected chi connectivity index (χ4v) is 5.42. The van der Waals surface area contributed by atoms with Crippen molar-refractivity contribution < 1.29 is 4.74 Å². The monoisotopic (exact) mass is 312 g/mol. The summed E-state index contributed by atoms with van der Waals surface area (Å²) in [5, 5.41) is 0. The van der Waals surface area contributed by atoms with Crippen LogP contribution in [0.3, 0.4) is 0 Å². The van der Waals surface area contributed by atoms with Crippen molar-refractivity contribution in [2.45, 2.75) is 59.8 Å². The third kappa shape index (κ3) is 3.20. The van der Waals surface area contributed by atoms with E-state index in [1.807, 2.05) is 6.07 Å². The molecule has 1 nitrogen and oxygen atoms in total. The van der Waals surface area contributed by atoms with Gasteiger partial charge in [0.15, 0.2) is 0 Å². The van der Waals surface area contributed by atoms with E-state index in [2.05, 4.69) is 52.0 Å². The molecule has 1 aromatic carbocycles. The zero-order valence-electron chi connectivity index (χ0n) is 15.3. The van der Waals surface area contributed by atoms with Crippen molar-refractivity contribution >= 4 is 0 Å². The second-order valence-corrected chi connectivity index (χ2v) is 8.22. The molecule has 2 fully saturated rings. The molecular weight excluding hydrogens is 280 g/mol. The molecule has 0 spiro atoms. The number of fused-ring (bicyclic) bond motifs is 1. The van der Waals surface area contributed by atoms with Gasteiger partial charge in [0, 0.05) is 0 Å². The zero-order valence-corrected chi connectivity index (χ0v) is 15.3. The van der Waals surface area contributed by atoms with Crippen LogP contribution in [0.4, 0.5) is 0 Å². The third-order valence-corrected chi connectivity index (χ3v) is 6.58. The lowest BCUT2D eigenvalue weighted by Crippen LogP contribution is -2.37. The van der Waals surface area contributed by atoms with Gasteiger partial charge in [0.25, 0.3) is 0 Å². The summed E-state index contributed by atoms with van der Waals surface area (Å²) >= 11 is 0. The van der Waals surface area contributed by atoms with Crippen LogP contribution in [0.15, 0.2) is 41.5 Å². The Morgan fingerprint density at radius 3 is 2.65 bits per heavy atom. The minimum atomic E-state index is 0.490. The van der Waals surface area contributed by atoms with Crippen LogP contribution in [0.5, 0.6) is 5.75 Å². The highest BCUT2D eigenvalue weighted by molar-refractivity contribution is 5.23. The minimum Gasteiger partial charge on any atom is -0.493 e. The number of benzene rings is 1. The first kappa shape index (κ1) is 16.6. The number of hydrogen-bond donors (Lipinski definition) is 0. The summed E-state index contributed by atoms with van der Waals surface area (Å²) in [6, 6.07) is 10.3. The molecule has 0 bridgehead atoms. The lowest BCUT2D eigenvalue weighted by molar-refractivity contribution is 0.0742. The molecule has 0 radical (unpaired) electrons. The van der Waals surface area contributed by atoms with Gasteiger partial charge in [0.1, 0.15) is 5.75 Å². The smallest absolute Gasteiger partial charge is 0.119 e. The lowest BCUT2D eigenvalue weighted by Gasteiger charge is -2.44. The van der Waals surface area contributed by atoms with Crippen molar-refractivity contribution in [3.63, 3.8) is 0 Å². The molecule has 4 atom stereocenters. The van der Waals surface area contributed by atoms with Crippen LogP contribution in [0.2, 0.25) is 0 Å². The molecule has 2 aliphatic carbocycles. The van der Waals surface area contributed by atoms with E-state index in [1.54, 1.807) is 11.1 Å². The van der Waals surface area contributed by atoms with Crippen LogP contribution in [-0.2, 0) is 0 Å². The van der Waals surface area contributed by atoms with E-state index >= 15 is 0 Å². The maximum atomic E-state index is 6.07. The summed E-state index contributed by atoms with van der Waals surface area (Å²) < 4.78 is 6.07. The first-order valence-corrected chi connectivity index (χ1v) is 9.36. The van der Waals surface area contributed by atoms with E-state index in [1.165, 1.54) is 32.1 Å². The van der Waals surface area contributed by atoms with Crippen LogP contribution in [0.25, 0.3) is 0 Å². The highest BCUT2D eigenvalue weighted by atomic mass is 16.5. The van der Waals surface area contributed by atoms with Crippen molar-refractivity contribution in [3.05, 3.63) is 41.5 Å². The van der Waals surface area contributed by atoms with Gasteiger partial charge in [-0.25, -0.2) is 0 Å². The second-order valence-electron chi connectivity index (χ2n) is 8.22. The van der Waals surface area contributed by atoms with Crippen molar-refractivity contribution in [1.82, 2.24) is 0 Å². The van der Waals surface area contributed by atoms with Crippen LogP contribution in [0, 0.1) is 23.2 Å². The minimum absolute atomic E-state index is 0.490. The lowest BCUT2D eigenvalue weighted by atomic mass is 9.61. The summed E-state index contributed by atoms with van der Waals surface area (Å²) in [6.45, 7) is 10.4. The molecule has 0 unspecified atom stereocenters. The van der Waals surface area contributed by atoms with Crippen molar-refractivity contribution in [2.24, 2.45) is 23.2 Å². The third-order valence-electron chi connectivity index (χ3n) is 6.58. The maximum absolute atomic E-state index is 6.07. The van der Waals surface area contributed by atoms with Crippen molar-refractivity contribution in [2.75, 3.05) is 6.61 Å². The van der Waals surface area contributed by atoms with E-state index in [0.717, 1.165) is 24.2 Å². The Bertz CT molecular complexity index is 555. The number of rotatable bonds is 4. The Hall–Kier alpha value is -1.24. The van der Waals surface area contributed by atoms with E-state index in [9.17, 15) is 0 Å². The van der Waals surface area contributed by atoms with Crippen molar-refractivity contribution in [1.29, 1.82) is 0 Å². The van der Waals surface area contributed by atoms with E-state index in [0.29, 0.717) is 11.3 Å². The Kier molecular flexibility index (Phi) is 4.85. The Labute approximate surface area is 142 Å². The van der Waals surface area contributed by atoms with Gasteiger partial charge in [-0.2, -0.15) is 0 Å². The summed E-state index contributed by atoms with van der Waals surface area (Å²) in [5.74, 6) is 3.26. The summed E-state index contributed by atoms with van der Waals surface area (Å²) in [7, 11) is 0. The first-order chi connectivity index (χ1) is 11.0. The molecule has 0 heterocycles.